The fourth-order valence-electron chi connectivity index (χ4n) is 2.65. The van der Waals surface area contributed by atoms with Gasteiger partial charge in [-0.05, 0) is 12.3 Å². The maximum Gasteiger partial charge on any atom is 0.423 e. The predicted molar refractivity (Wildman–Crippen MR) is 66.3 cm³/mol. The lowest BCUT2D eigenvalue weighted by Crippen LogP contribution is -2.42. The summed E-state index contributed by atoms with van der Waals surface area (Å²) >= 11 is 5.93. The number of hydrogen-bond acceptors (Lipinski definition) is 4. The van der Waals surface area contributed by atoms with Crippen LogP contribution in [-0.4, -0.2) is 27.6 Å². The summed E-state index contributed by atoms with van der Waals surface area (Å²) < 4.78 is 50.8. The van der Waals surface area contributed by atoms with Gasteiger partial charge in [-0.15, -0.1) is 11.6 Å². The summed E-state index contributed by atoms with van der Waals surface area (Å²) in [5.41, 5.74) is -3.47. The number of aromatic nitrogens is 2. The first kappa shape index (κ1) is 14.6. The van der Waals surface area contributed by atoms with Crippen LogP contribution in [0.25, 0.3) is 0 Å². The molecular weight excluding hydrogens is 313 g/mol. The van der Waals surface area contributed by atoms with E-state index in [1.54, 1.807) is 0 Å². The van der Waals surface area contributed by atoms with Gasteiger partial charge in [0.05, 0.1) is 5.88 Å². The van der Waals surface area contributed by atoms with Crippen molar-refractivity contribution in [3.63, 3.8) is 0 Å². The van der Waals surface area contributed by atoms with Crippen LogP contribution >= 0.6 is 11.6 Å². The Morgan fingerprint density at radius 3 is 2.90 bits per heavy atom. The van der Waals surface area contributed by atoms with Crippen LogP contribution in [0.4, 0.5) is 13.2 Å². The maximum atomic E-state index is 12.8. The van der Waals surface area contributed by atoms with E-state index in [-0.39, 0.29) is 24.4 Å². The number of hydrogen-bond donors (Lipinski definition) is 0. The SMILES string of the molecule is C[C@H]1C[C@H]2O[C@]1(CCl)COc1nc(=O)c(C(F)(F)F)cn12. The summed E-state index contributed by atoms with van der Waals surface area (Å²) in [4.78, 5) is 14.9. The number of ether oxygens (including phenoxy) is 2. The minimum Gasteiger partial charge on any atom is -0.461 e. The van der Waals surface area contributed by atoms with Crippen LogP contribution in [0.5, 0.6) is 6.01 Å². The van der Waals surface area contributed by atoms with Gasteiger partial charge in [0.2, 0.25) is 0 Å². The molecule has 0 aliphatic carbocycles. The van der Waals surface area contributed by atoms with E-state index in [0.29, 0.717) is 12.6 Å². The Labute approximate surface area is 122 Å². The highest BCUT2D eigenvalue weighted by atomic mass is 35.5. The number of rotatable bonds is 1. The molecule has 2 aliphatic rings. The second kappa shape index (κ2) is 4.61. The molecule has 0 saturated carbocycles. The predicted octanol–water partition coefficient (Wildman–Crippen LogP) is 2.19. The Balaban J connectivity index is 2.11. The first-order valence-corrected chi connectivity index (χ1v) is 6.87. The summed E-state index contributed by atoms with van der Waals surface area (Å²) in [5.74, 6) is 0.164. The van der Waals surface area contributed by atoms with Gasteiger partial charge >= 0.3 is 12.2 Å². The molecule has 0 unspecified atom stereocenters. The third-order valence-electron chi connectivity index (χ3n) is 4.03. The Kier molecular flexibility index (Phi) is 3.21. The van der Waals surface area contributed by atoms with E-state index < -0.39 is 29.1 Å². The van der Waals surface area contributed by atoms with Crippen molar-refractivity contribution in [2.24, 2.45) is 5.92 Å². The molecule has 0 N–H and O–H groups in total. The van der Waals surface area contributed by atoms with Crippen LogP contribution in [0, 0.1) is 5.92 Å². The van der Waals surface area contributed by atoms with Crippen molar-refractivity contribution >= 4 is 11.6 Å². The summed E-state index contributed by atoms with van der Waals surface area (Å²) in [7, 11) is 0. The highest BCUT2D eigenvalue weighted by molar-refractivity contribution is 6.18. The standard InChI is InChI=1S/C12H12ClF3N2O3/c1-6-2-8-18-3-7(12(14,15)16)9(19)17-10(18)20-5-11(6,4-13)21-8/h3,6,8H,2,4-5H2,1H3/t6-,8+,11+/m0/s1. The number of nitrogens with zero attached hydrogens (tertiary/aromatic N) is 2. The van der Waals surface area contributed by atoms with Gasteiger partial charge in [-0.25, -0.2) is 0 Å². The highest BCUT2D eigenvalue weighted by Gasteiger charge is 2.50. The second-order valence-electron chi connectivity index (χ2n) is 5.34. The van der Waals surface area contributed by atoms with Gasteiger partial charge in [-0.2, -0.15) is 18.2 Å². The van der Waals surface area contributed by atoms with Crippen LogP contribution in [0.1, 0.15) is 25.1 Å². The Morgan fingerprint density at radius 2 is 2.29 bits per heavy atom. The lowest BCUT2D eigenvalue weighted by atomic mass is 9.91. The zero-order valence-electron chi connectivity index (χ0n) is 11.0. The first-order chi connectivity index (χ1) is 9.77. The van der Waals surface area contributed by atoms with Crippen LogP contribution in [0.3, 0.4) is 0 Å². The average Bonchev–Trinajstić information content (AvgIpc) is 2.63. The normalized spacial score (nSPS) is 31.5. The molecule has 116 valence electrons. The van der Waals surface area contributed by atoms with Gasteiger partial charge < -0.3 is 9.47 Å². The maximum absolute atomic E-state index is 12.8. The molecule has 0 aromatic carbocycles. The largest absolute Gasteiger partial charge is 0.461 e. The molecule has 0 amide bonds. The van der Waals surface area contributed by atoms with E-state index in [9.17, 15) is 18.0 Å². The zero-order chi connectivity index (χ0) is 15.4. The molecule has 2 aliphatic heterocycles. The molecule has 1 fully saturated rings. The van der Waals surface area contributed by atoms with E-state index in [0.717, 1.165) is 4.57 Å². The van der Waals surface area contributed by atoms with Crippen molar-refractivity contribution in [1.29, 1.82) is 0 Å². The van der Waals surface area contributed by atoms with Crippen molar-refractivity contribution in [3.8, 4) is 6.01 Å². The molecular formula is C12H12ClF3N2O3. The van der Waals surface area contributed by atoms with Crippen LogP contribution < -0.4 is 10.3 Å². The molecule has 1 saturated heterocycles. The molecule has 1 aromatic heterocycles. The van der Waals surface area contributed by atoms with Crippen molar-refractivity contribution in [2.45, 2.75) is 31.3 Å². The van der Waals surface area contributed by atoms with Crippen LogP contribution in [-0.2, 0) is 10.9 Å². The summed E-state index contributed by atoms with van der Waals surface area (Å²) in [6, 6.07) is -0.170. The van der Waals surface area contributed by atoms with Crippen LogP contribution in [0.2, 0.25) is 0 Å². The Hall–Kier alpha value is -1.28. The lowest BCUT2D eigenvalue weighted by Gasteiger charge is -2.28. The molecule has 0 spiro atoms. The quantitative estimate of drug-likeness (QED) is 0.743. The van der Waals surface area contributed by atoms with Crippen molar-refractivity contribution in [1.82, 2.24) is 9.55 Å². The van der Waals surface area contributed by atoms with Gasteiger partial charge in [0, 0.05) is 6.20 Å². The van der Waals surface area contributed by atoms with Gasteiger partial charge in [-0.1, -0.05) is 6.92 Å². The van der Waals surface area contributed by atoms with Crippen LogP contribution in [0.15, 0.2) is 11.0 Å². The third-order valence-corrected chi connectivity index (χ3v) is 4.48. The average molecular weight is 325 g/mol. The Bertz CT molecular complexity index is 633. The fraction of sp³-hybridized carbons (Fsp3) is 0.667. The molecule has 3 rings (SSSR count). The summed E-state index contributed by atoms with van der Waals surface area (Å²) in [5, 5.41) is 0. The number of halogens is 4. The van der Waals surface area contributed by atoms with E-state index in [1.165, 1.54) is 0 Å². The molecule has 0 radical (unpaired) electrons. The van der Waals surface area contributed by atoms with E-state index >= 15 is 0 Å². The second-order valence-corrected chi connectivity index (χ2v) is 5.61. The Morgan fingerprint density at radius 1 is 1.57 bits per heavy atom. The van der Waals surface area contributed by atoms with Gasteiger partial charge in [0.25, 0.3) is 5.56 Å². The number of fused-ring (bicyclic) bond motifs is 4. The summed E-state index contributed by atoms with van der Waals surface area (Å²) in [6.07, 6.45) is -4.26. The molecule has 2 bridgehead atoms. The van der Waals surface area contributed by atoms with E-state index in [4.69, 9.17) is 21.1 Å². The molecule has 9 heteroatoms. The minimum atomic E-state index is -4.77. The monoisotopic (exact) mass is 324 g/mol. The van der Waals surface area contributed by atoms with Gasteiger partial charge in [0.15, 0.2) is 0 Å². The highest BCUT2D eigenvalue weighted by Crippen LogP contribution is 2.45. The van der Waals surface area contributed by atoms with E-state index in [2.05, 4.69) is 4.98 Å². The third kappa shape index (κ3) is 2.20. The van der Waals surface area contributed by atoms with Crippen molar-refractivity contribution in [2.75, 3.05) is 12.5 Å². The zero-order valence-corrected chi connectivity index (χ0v) is 11.7. The first-order valence-electron chi connectivity index (χ1n) is 6.34. The lowest BCUT2D eigenvalue weighted by molar-refractivity contribution is -0.139. The fourth-order valence-corrected chi connectivity index (χ4v) is 3.05. The van der Waals surface area contributed by atoms with Gasteiger partial charge in [0.1, 0.15) is 24.0 Å². The van der Waals surface area contributed by atoms with Crippen molar-refractivity contribution < 1.29 is 22.6 Å². The van der Waals surface area contributed by atoms with E-state index in [1.807, 2.05) is 6.92 Å². The number of alkyl halides is 4. The summed E-state index contributed by atoms with van der Waals surface area (Å²) in [6.45, 7) is 1.95. The molecule has 5 nitrogen and oxygen atoms in total. The van der Waals surface area contributed by atoms with Crippen molar-refractivity contribution in [3.05, 3.63) is 22.1 Å². The smallest absolute Gasteiger partial charge is 0.423 e. The minimum absolute atomic E-state index is 0.0157. The molecule has 3 atom stereocenters. The molecule has 3 heterocycles. The topological polar surface area (TPSA) is 53.4 Å². The molecule has 1 aromatic rings. The molecule has 21 heavy (non-hydrogen) atoms. The van der Waals surface area contributed by atoms with Gasteiger partial charge in [-0.3, -0.25) is 9.36 Å².